The van der Waals surface area contributed by atoms with E-state index in [1.54, 1.807) is 12.2 Å². The van der Waals surface area contributed by atoms with Crippen LogP contribution in [-0.4, -0.2) is 35.9 Å². The van der Waals surface area contributed by atoms with E-state index in [9.17, 15) is 4.79 Å². The molecule has 1 unspecified atom stereocenters. The van der Waals surface area contributed by atoms with Crippen LogP contribution in [0.1, 0.15) is 32.1 Å². The molecule has 0 spiro atoms. The Hall–Kier alpha value is -1.17. The minimum atomic E-state index is -0.804. The maximum Gasteiger partial charge on any atom is 0.313 e. The third-order valence-corrected chi connectivity index (χ3v) is 3.01. The van der Waals surface area contributed by atoms with Gasteiger partial charge in [0.15, 0.2) is 0 Å². The van der Waals surface area contributed by atoms with Crippen molar-refractivity contribution in [3.05, 3.63) is 24.3 Å². The number of aliphatic hydroxyl groups is 1. The van der Waals surface area contributed by atoms with Gasteiger partial charge in [0.1, 0.15) is 0 Å². The number of carbonyl (C=O) groups is 1. The van der Waals surface area contributed by atoms with Crippen molar-refractivity contribution < 1.29 is 15.0 Å². The Morgan fingerprint density at radius 2 is 1.79 bits per heavy atom. The van der Waals surface area contributed by atoms with E-state index in [0.717, 1.165) is 25.9 Å². The third-order valence-electron chi connectivity index (χ3n) is 3.01. The number of hydrogen-bond acceptors (Lipinski definition) is 4. The molecular weight excluding hydrogens is 244 g/mol. The van der Waals surface area contributed by atoms with Crippen LogP contribution in [-0.2, 0) is 4.79 Å². The lowest BCUT2D eigenvalue weighted by atomic mass is 9.78. The molecule has 0 amide bonds. The number of hydrogen-bond donors (Lipinski definition) is 4. The van der Waals surface area contributed by atoms with E-state index in [-0.39, 0.29) is 6.61 Å². The SMILES string of the molecule is NCCCCN.O=C(O)C1(CCCO)C=CC=CC1. The van der Waals surface area contributed by atoms with Gasteiger partial charge in [-0.25, -0.2) is 0 Å². The van der Waals surface area contributed by atoms with Gasteiger partial charge in [-0.05, 0) is 45.2 Å². The topological polar surface area (TPSA) is 110 Å². The molecule has 0 aromatic heterocycles. The van der Waals surface area contributed by atoms with Crippen LogP contribution in [0, 0.1) is 5.41 Å². The third kappa shape index (κ3) is 7.10. The van der Waals surface area contributed by atoms with Gasteiger partial charge in [-0.2, -0.15) is 0 Å². The molecule has 0 radical (unpaired) electrons. The monoisotopic (exact) mass is 270 g/mol. The molecule has 0 heterocycles. The second kappa shape index (κ2) is 10.7. The summed E-state index contributed by atoms with van der Waals surface area (Å²) in [5.41, 5.74) is 9.54. The fraction of sp³-hybridized carbons (Fsp3) is 0.643. The van der Waals surface area contributed by atoms with E-state index in [2.05, 4.69) is 0 Å². The van der Waals surface area contributed by atoms with Crippen LogP contribution < -0.4 is 11.5 Å². The molecule has 5 nitrogen and oxygen atoms in total. The first kappa shape index (κ1) is 17.8. The van der Waals surface area contributed by atoms with Crippen molar-refractivity contribution in [2.45, 2.75) is 32.1 Å². The Bertz CT molecular complexity index is 299. The molecule has 6 N–H and O–H groups in total. The number of aliphatic carboxylic acids is 1. The van der Waals surface area contributed by atoms with Crippen LogP contribution in [0.25, 0.3) is 0 Å². The Morgan fingerprint density at radius 3 is 2.16 bits per heavy atom. The van der Waals surface area contributed by atoms with Crippen molar-refractivity contribution in [2.24, 2.45) is 16.9 Å². The van der Waals surface area contributed by atoms with E-state index in [4.69, 9.17) is 21.7 Å². The second-order valence-electron chi connectivity index (χ2n) is 4.56. The number of allylic oxidation sites excluding steroid dienone is 3. The van der Waals surface area contributed by atoms with Gasteiger partial charge in [-0.15, -0.1) is 0 Å². The smallest absolute Gasteiger partial charge is 0.313 e. The van der Waals surface area contributed by atoms with E-state index in [0.29, 0.717) is 19.3 Å². The lowest BCUT2D eigenvalue weighted by molar-refractivity contribution is -0.146. The molecule has 0 aliphatic heterocycles. The molecule has 1 atom stereocenters. The van der Waals surface area contributed by atoms with E-state index in [1.807, 2.05) is 12.2 Å². The number of unbranched alkanes of at least 4 members (excludes halogenated alkanes) is 1. The summed E-state index contributed by atoms with van der Waals surface area (Å²) < 4.78 is 0. The molecule has 0 saturated heterocycles. The lowest BCUT2D eigenvalue weighted by Crippen LogP contribution is -2.29. The van der Waals surface area contributed by atoms with Crippen molar-refractivity contribution in [3.8, 4) is 0 Å². The van der Waals surface area contributed by atoms with Crippen LogP contribution in [0.4, 0.5) is 0 Å². The van der Waals surface area contributed by atoms with Crippen LogP contribution in [0.15, 0.2) is 24.3 Å². The zero-order chi connectivity index (χ0) is 14.6. The number of rotatable bonds is 7. The number of carboxylic acids is 1. The summed E-state index contributed by atoms with van der Waals surface area (Å²) in [7, 11) is 0. The van der Waals surface area contributed by atoms with Crippen LogP contribution >= 0.6 is 0 Å². The summed E-state index contributed by atoms with van der Waals surface area (Å²) in [6.07, 6.45) is 10.9. The van der Waals surface area contributed by atoms with Gasteiger partial charge in [0, 0.05) is 6.61 Å². The average molecular weight is 270 g/mol. The van der Waals surface area contributed by atoms with Crippen molar-refractivity contribution in [2.75, 3.05) is 19.7 Å². The van der Waals surface area contributed by atoms with Crippen LogP contribution in [0.5, 0.6) is 0 Å². The Morgan fingerprint density at radius 1 is 1.16 bits per heavy atom. The zero-order valence-corrected chi connectivity index (χ0v) is 11.4. The van der Waals surface area contributed by atoms with Crippen LogP contribution in [0.2, 0.25) is 0 Å². The molecule has 1 aliphatic rings. The highest BCUT2D eigenvalue weighted by atomic mass is 16.4. The van der Waals surface area contributed by atoms with Crippen molar-refractivity contribution in [1.82, 2.24) is 0 Å². The van der Waals surface area contributed by atoms with E-state index in [1.165, 1.54) is 0 Å². The first-order valence-electron chi connectivity index (χ1n) is 6.71. The summed E-state index contributed by atoms with van der Waals surface area (Å²) in [4.78, 5) is 11.0. The Balaban J connectivity index is 0.000000459. The number of nitrogens with two attached hydrogens (primary N) is 2. The molecule has 0 bridgehead atoms. The summed E-state index contributed by atoms with van der Waals surface area (Å²) in [6, 6.07) is 0. The maximum absolute atomic E-state index is 11.0. The summed E-state index contributed by atoms with van der Waals surface area (Å²) in [5, 5.41) is 17.7. The fourth-order valence-electron chi connectivity index (χ4n) is 1.80. The molecule has 0 aromatic carbocycles. The highest BCUT2D eigenvalue weighted by molar-refractivity contribution is 5.77. The minimum Gasteiger partial charge on any atom is -0.481 e. The Kier molecular flexibility index (Phi) is 10.1. The molecular formula is C14H26N2O3. The summed E-state index contributed by atoms with van der Waals surface area (Å²) in [5.74, 6) is -0.804. The number of carboxylic acid groups (broad SMARTS) is 1. The first-order valence-corrected chi connectivity index (χ1v) is 6.71. The summed E-state index contributed by atoms with van der Waals surface area (Å²) in [6.45, 7) is 1.60. The average Bonchev–Trinajstić information content (AvgIpc) is 2.44. The molecule has 1 aliphatic carbocycles. The predicted molar refractivity (Wildman–Crippen MR) is 76.6 cm³/mol. The standard InChI is InChI=1S/C10H14O3.C4H12N2/c11-8-4-7-10(9(12)13)5-2-1-3-6-10;5-3-1-2-4-6/h1-3,5,11H,4,6-8H2,(H,12,13);1-6H2. The van der Waals surface area contributed by atoms with Gasteiger partial charge in [0.05, 0.1) is 5.41 Å². The predicted octanol–water partition coefficient (Wildman–Crippen LogP) is 1.03. The van der Waals surface area contributed by atoms with Gasteiger partial charge < -0.3 is 21.7 Å². The number of aliphatic hydroxyl groups excluding tert-OH is 1. The molecule has 5 heteroatoms. The molecule has 110 valence electrons. The van der Waals surface area contributed by atoms with Gasteiger partial charge in [0.25, 0.3) is 0 Å². The maximum atomic E-state index is 11.0. The van der Waals surface area contributed by atoms with Crippen molar-refractivity contribution in [1.29, 1.82) is 0 Å². The minimum absolute atomic E-state index is 0.0482. The molecule has 1 rings (SSSR count). The Labute approximate surface area is 115 Å². The first-order chi connectivity index (χ1) is 9.13. The zero-order valence-electron chi connectivity index (χ0n) is 11.4. The fourth-order valence-corrected chi connectivity index (χ4v) is 1.80. The van der Waals surface area contributed by atoms with Crippen LogP contribution in [0.3, 0.4) is 0 Å². The van der Waals surface area contributed by atoms with Crippen molar-refractivity contribution in [3.63, 3.8) is 0 Å². The van der Waals surface area contributed by atoms with Gasteiger partial charge >= 0.3 is 5.97 Å². The quantitative estimate of drug-likeness (QED) is 0.517. The van der Waals surface area contributed by atoms with E-state index >= 15 is 0 Å². The van der Waals surface area contributed by atoms with Gasteiger partial charge in [0.2, 0.25) is 0 Å². The largest absolute Gasteiger partial charge is 0.481 e. The molecule has 19 heavy (non-hydrogen) atoms. The molecule has 0 fully saturated rings. The van der Waals surface area contributed by atoms with Gasteiger partial charge in [-0.1, -0.05) is 24.3 Å². The lowest BCUT2D eigenvalue weighted by Gasteiger charge is -2.25. The molecule has 0 saturated carbocycles. The highest BCUT2D eigenvalue weighted by Crippen LogP contribution is 2.33. The van der Waals surface area contributed by atoms with E-state index < -0.39 is 11.4 Å². The van der Waals surface area contributed by atoms with Gasteiger partial charge in [-0.3, -0.25) is 4.79 Å². The molecule has 0 aromatic rings. The van der Waals surface area contributed by atoms with Crippen molar-refractivity contribution >= 4 is 5.97 Å². The highest BCUT2D eigenvalue weighted by Gasteiger charge is 2.34. The summed E-state index contributed by atoms with van der Waals surface area (Å²) >= 11 is 0. The second-order valence-corrected chi connectivity index (χ2v) is 4.56. The normalized spacial score (nSPS) is 20.8.